The normalized spacial score (nSPS) is 30.4. The van der Waals surface area contributed by atoms with Crippen molar-refractivity contribution in [2.75, 3.05) is 14.2 Å². The number of fused-ring (bicyclic) bond motifs is 5. The molecule has 2 aliphatic carbocycles. The molecule has 0 aliphatic heterocycles. The van der Waals surface area contributed by atoms with Crippen LogP contribution in [0.2, 0.25) is 0 Å². The molecule has 0 spiro atoms. The fourth-order valence-corrected chi connectivity index (χ4v) is 6.06. The van der Waals surface area contributed by atoms with E-state index in [0.717, 1.165) is 17.1 Å². The Bertz CT molecular complexity index is 832. The van der Waals surface area contributed by atoms with Crippen molar-refractivity contribution in [2.24, 2.45) is 11.3 Å². The maximum absolute atomic E-state index is 6.47. The first-order chi connectivity index (χ1) is 12.3. The Kier molecular flexibility index (Phi) is 4.05. The van der Waals surface area contributed by atoms with Gasteiger partial charge in [0.1, 0.15) is 11.3 Å². The van der Waals surface area contributed by atoms with Gasteiger partial charge in [0, 0.05) is 22.9 Å². The standard InChI is InChI=1S/C23H32O3/c1-14-8-9-19-22(2,3)10-7-11-23(19,4)20-15-12-17(24-5)18(25-6)13-16(15)26-21(14)20/h12-14,19H,7-11H2,1-6H3/t14?,19-,23-/m1/s1. The fourth-order valence-electron chi connectivity index (χ4n) is 6.06. The number of benzene rings is 1. The summed E-state index contributed by atoms with van der Waals surface area (Å²) < 4.78 is 17.6. The highest BCUT2D eigenvalue weighted by Gasteiger charge is 2.51. The summed E-state index contributed by atoms with van der Waals surface area (Å²) in [6, 6.07) is 4.14. The van der Waals surface area contributed by atoms with Gasteiger partial charge in [-0.1, -0.05) is 34.1 Å². The molecule has 2 aromatic rings. The molecule has 3 nitrogen and oxygen atoms in total. The van der Waals surface area contributed by atoms with E-state index in [9.17, 15) is 0 Å². The summed E-state index contributed by atoms with van der Waals surface area (Å²) in [4.78, 5) is 0. The van der Waals surface area contributed by atoms with E-state index >= 15 is 0 Å². The van der Waals surface area contributed by atoms with Crippen LogP contribution in [0, 0.1) is 11.3 Å². The van der Waals surface area contributed by atoms with Crippen LogP contribution in [0.5, 0.6) is 11.5 Å². The predicted molar refractivity (Wildman–Crippen MR) is 105 cm³/mol. The van der Waals surface area contributed by atoms with Crippen molar-refractivity contribution < 1.29 is 13.9 Å². The molecule has 3 heteroatoms. The van der Waals surface area contributed by atoms with Gasteiger partial charge in [-0.05, 0) is 48.5 Å². The summed E-state index contributed by atoms with van der Waals surface area (Å²) in [6.45, 7) is 9.75. The Morgan fingerprint density at radius 1 is 1.00 bits per heavy atom. The van der Waals surface area contributed by atoms with E-state index in [0.29, 0.717) is 17.3 Å². The van der Waals surface area contributed by atoms with Crippen molar-refractivity contribution in [1.29, 1.82) is 0 Å². The topological polar surface area (TPSA) is 31.6 Å². The number of methoxy groups -OCH3 is 2. The third-order valence-corrected chi connectivity index (χ3v) is 7.36. The van der Waals surface area contributed by atoms with Crippen LogP contribution < -0.4 is 9.47 Å². The minimum absolute atomic E-state index is 0.159. The zero-order valence-corrected chi connectivity index (χ0v) is 17.1. The summed E-state index contributed by atoms with van der Waals surface area (Å²) in [5.74, 6) is 3.85. The zero-order chi connectivity index (χ0) is 18.7. The van der Waals surface area contributed by atoms with Gasteiger partial charge in [-0.3, -0.25) is 0 Å². The lowest BCUT2D eigenvalue weighted by Crippen LogP contribution is -2.44. The van der Waals surface area contributed by atoms with Gasteiger partial charge in [0.05, 0.1) is 14.2 Å². The van der Waals surface area contributed by atoms with E-state index in [4.69, 9.17) is 13.9 Å². The zero-order valence-electron chi connectivity index (χ0n) is 17.1. The van der Waals surface area contributed by atoms with Crippen molar-refractivity contribution >= 4 is 11.0 Å². The summed E-state index contributed by atoms with van der Waals surface area (Å²) in [6.07, 6.45) is 6.33. The highest BCUT2D eigenvalue weighted by atomic mass is 16.5. The molecule has 4 rings (SSSR count). The predicted octanol–water partition coefficient (Wildman–Crippen LogP) is 6.43. The molecule has 0 saturated heterocycles. The molecule has 3 atom stereocenters. The van der Waals surface area contributed by atoms with Crippen LogP contribution in [0.3, 0.4) is 0 Å². The second-order valence-corrected chi connectivity index (χ2v) is 9.34. The molecule has 1 saturated carbocycles. The molecule has 1 heterocycles. The molecule has 0 amide bonds. The molecule has 0 radical (unpaired) electrons. The molecule has 26 heavy (non-hydrogen) atoms. The minimum atomic E-state index is 0.159. The first-order valence-electron chi connectivity index (χ1n) is 10.0. The molecule has 1 aromatic carbocycles. The fraction of sp³-hybridized carbons (Fsp3) is 0.652. The highest BCUT2D eigenvalue weighted by molar-refractivity contribution is 5.87. The minimum Gasteiger partial charge on any atom is -0.493 e. The molecule has 1 fully saturated rings. The van der Waals surface area contributed by atoms with Gasteiger partial charge < -0.3 is 13.9 Å². The molecular weight excluding hydrogens is 324 g/mol. The van der Waals surface area contributed by atoms with Crippen LogP contribution in [-0.4, -0.2) is 14.2 Å². The average molecular weight is 357 g/mol. The molecule has 2 aliphatic rings. The Morgan fingerprint density at radius 2 is 1.69 bits per heavy atom. The molecule has 1 aromatic heterocycles. The van der Waals surface area contributed by atoms with Gasteiger partial charge in [0.15, 0.2) is 11.5 Å². The van der Waals surface area contributed by atoms with E-state index in [1.807, 2.05) is 6.07 Å². The summed E-state index contributed by atoms with van der Waals surface area (Å²) >= 11 is 0. The second kappa shape index (κ2) is 5.94. The number of ether oxygens (including phenoxy) is 2. The van der Waals surface area contributed by atoms with Crippen molar-refractivity contribution in [3.05, 3.63) is 23.5 Å². The Hall–Kier alpha value is -1.64. The maximum Gasteiger partial charge on any atom is 0.164 e. The number of hydrogen-bond acceptors (Lipinski definition) is 3. The first-order valence-corrected chi connectivity index (χ1v) is 10.0. The maximum atomic E-state index is 6.47. The van der Waals surface area contributed by atoms with Crippen LogP contribution in [0.15, 0.2) is 16.5 Å². The number of hydrogen-bond donors (Lipinski definition) is 0. The van der Waals surface area contributed by atoms with E-state index in [-0.39, 0.29) is 5.41 Å². The molecule has 0 N–H and O–H groups in total. The van der Waals surface area contributed by atoms with Gasteiger partial charge in [0.25, 0.3) is 0 Å². The smallest absolute Gasteiger partial charge is 0.164 e. The summed E-state index contributed by atoms with van der Waals surface area (Å²) in [5, 5.41) is 1.22. The summed E-state index contributed by atoms with van der Waals surface area (Å²) in [5.41, 5.74) is 2.90. The van der Waals surface area contributed by atoms with Crippen LogP contribution in [-0.2, 0) is 5.41 Å². The monoisotopic (exact) mass is 356 g/mol. The second-order valence-electron chi connectivity index (χ2n) is 9.34. The number of furan rings is 1. The average Bonchev–Trinajstić information content (AvgIpc) is 2.93. The number of rotatable bonds is 2. The quantitative estimate of drug-likeness (QED) is 0.621. The Labute approximate surface area is 157 Å². The lowest BCUT2D eigenvalue weighted by Gasteiger charge is -2.50. The van der Waals surface area contributed by atoms with Crippen LogP contribution in [0.25, 0.3) is 11.0 Å². The van der Waals surface area contributed by atoms with Crippen molar-refractivity contribution in [3.8, 4) is 11.5 Å². The van der Waals surface area contributed by atoms with Crippen molar-refractivity contribution in [2.45, 2.75) is 71.1 Å². The third kappa shape index (κ3) is 2.39. The molecule has 1 unspecified atom stereocenters. The highest BCUT2D eigenvalue weighted by Crippen LogP contribution is 2.59. The van der Waals surface area contributed by atoms with E-state index < -0.39 is 0 Å². The first kappa shape index (κ1) is 17.8. The lowest BCUT2D eigenvalue weighted by atomic mass is 9.53. The van der Waals surface area contributed by atoms with Crippen LogP contribution >= 0.6 is 0 Å². The SMILES string of the molecule is COc1cc2oc3c(c2cc1OC)[C@]1(C)CCCC(C)(C)[C@H]1CCC3C. The summed E-state index contributed by atoms with van der Waals surface area (Å²) in [7, 11) is 3.39. The molecule has 0 bridgehead atoms. The Balaban J connectivity index is 2.01. The third-order valence-electron chi connectivity index (χ3n) is 7.36. The lowest BCUT2D eigenvalue weighted by molar-refractivity contribution is 0.0504. The molecule has 142 valence electrons. The van der Waals surface area contributed by atoms with Crippen molar-refractivity contribution in [1.82, 2.24) is 0 Å². The Morgan fingerprint density at radius 3 is 2.38 bits per heavy atom. The van der Waals surface area contributed by atoms with Crippen LogP contribution in [0.4, 0.5) is 0 Å². The van der Waals surface area contributed by atoms with E-state index in [1.54, 1.807) is 14.2 Å². The van der Waals surface area contributed by atoms with Crippen molar-refractivity contribution in [3.63, 3.8) is 0 Å². The van der Waals surface area contributed by atoms with Gasteiger partial charge in [-0.25, -0.2) is 0 Å². The molecular formula is C23H32O3. The van der Waals surface area contributed by atoms with Gasteiger partial charge >= 0.3 is 0 Å². The van der Waals surface area contributed by atoms with E-state index in [2.05, 4.69) is 33.8 Å². The van der Waals surface area contributed by atoms with Gasteiger partial charge in [-0.2, -0.15) is 0 Å². The van der Waals surface area contributed by atoms with Gasteiger partial charge in [-0.15, -0.1) is 0 Å². The van der Waals surface area contributed by atoms with Gasteiger partial charge in [0.2, 0.25) is 0 Å². The largest absolute Gasteiger partial charge is 0.493 e. The van der Waals surface area contributed by atoms with E-state index in [1.165, 1.54) is 48.8 Å². The van der Waals surface area contributed by atoms with Crippen LogP contribution in [0.1, 0.15) is 77.0 Å².